The molecule has 24 heavy (non-hydrogen) atoms. The fraction of sp³-hybridized carbons (Fsp3) is 0.444. The number of aliphatic hydroxyl groups excluding tert-OH is 1. The van der Waals surface area contributed by atoms with E-state index in [2.05, 4.69) is 5.32 Å². The molecule has 1 fully saturated rings. The summed E-state index contributed by atoms with van der Waals surface area (Å²) >= 11 is 0. The highest BCUT2D eigenvalue weighted by atomic mass is 16.5. The van der Waals surface area contributed by atoms with Crippen LogP contribution in [0.2, 0.25) is 0 Å². The molecule has 0 unspecified atom stereocenters. The van der Waals surface area contributed by atoms with Crippen LogP contribution in [0.25, 0.3) is 0 Å². The van der Waals surface area contributed by atoms with E-state index < -0.39 is 17.8 Å². The number of carbonyl (C=O) groups excluding carboxylic acids is 1. The molecule has 0 heterocycles. The van der Waals surface area contributed by atoms with Crippen molar-refractivity contribution in [1.82, 2.24) is 0 Å². The fourth-order valence-corrected chi connectivity index (χ4v) is 3.82. The lowest BCUT2D eigenvalue weighted by molar-refractivity contribution is -0.146. The van der Waals surface area contributed by atoms with Crippen molar-refractivity contribution in [1.29, 1.82) is 0 Å². The van der Waals surface area contributed by atoms with Gasteiger partial charge >= 0.3 is 5.97 Å². The second kappa shape index (κ2) is 6.65. The zero-order valence-corrected chi connectivity index (χ0v) is 13.4. The first-order valence-electron chi connectivity index (χ1n) is 8.13. The number of nitrogens with one attached hydrogen (secondary N) is 1. The molecule has 1 saturated carbocycles. The van der Waals surface area contributed by atoms with Crippen molar-refractivity contribution >= 4 is 17.6 Å². The number of carboxylic acids is 1. The summed E-state index contributed by atoms with van der Waals surface area (Å²) in [4.78, 5) is 24.1. The minimum atomic E-state index is -0.922. The van der Waals surface area contributed by atoms with Crippen LogP contribution in [0.3, 0.4) is 0 Å². The van der Waals surface area contributed by atoms with Gasteiger partial charge in [0.25, 0.3) is 0 Å². The minimum absolute atomic E-state index is 0.0175. The molecule has 3 N–H and O–H groups in total. The van der Waals surface area contributed by atoms with E-state index in [-0.39, 0.29) is 24.3 Å². The van der Waals surface area contributed by atoms with Crippen molar-refractivity contribution in [3.63, 3.8) is 0 Å². The lowest BCUT2D eigenvalue weighted by Crippen LogP contribution is -2.36. The van der Waals surface area contributed by atoms with Crippen LogP contribution in [0.1, 0.15) is 18.9 Å². The summed E-state index contributed by atoms with van der Waals surface area (Å²) < 4.78 is 5.42. The lowest BCUT2D eigenvalue weighted by atomic mass is 9.82. The highest BCUT2D eigenvalue weighted by molar-refractivity contribution is 5.96. The molecule has 2 aliphatic carbocycles. The molecular formula is C18H21NO5. The second-order valence-corrected chi connectivity index (χ2v) is 6.24. The van der Waals surface area contributed by atoms with Gasteiger partial charge in [-0.2, -0.15) is 0 Å². The Bertz CT molecular complexity index is 684. The molecule has 1 aromatic rings. The third-order valence-electron chi connectivity index (χ3n) is 4.85. The molecule has 1 aromatic carbocycles. The summed E-state index contributed by atoms with van der Waals surface area (Å²) in [6.07, 6.45) is 4.58. The molecule has 0 radical (unpaired) electrons. The maximum absolute atomic E-state index is 12.6. The Morgan fingerprint density at radius 2 is 1.96 bits per heavy atom. The predicted octanol–water partition coefficient (Wildman–Crippen LogP) is 2.04. The van der Waals surface area contributed by atoms with Crippen LogP contribution >= 0.6 is 0 Å². The zero-order valence-electron chi connectivity index (χ0n) is 13.4. The third-order valence-corrected chi connectivity index (χ3v) is 4.85. The van der Waals surface area contributed by atoms with Crippen LogP contribution < -0.4 is 10.1 Å². The number of hydrogen-bond donors (Lipinski definition) is 3. The first kappa shape index (κ1) is 16.5. The molecule has 2 aliphatic rings. The molecule has 2 bridgehead atoms. The Labute approximate surface area is 140 Å². The summed E-state index contributed by atoms with van der Waals surface area (Å²) in [6, 6.07) is 5.04. The van der Waals surface area contributed by atoms with E-state index in [0.717, 1.165) is 6.42 Å². The van der Waals surface area contributed by atoms with Gasteiger partial charge in [0, 0.05) is 11.3 Å². The standard InChI is InChI=1S/C18H21NO5/c1-2-24-14-6-5-13(8-12(14)9-20)19-17(21)15-10-3-4-11(7-10)16(15)18(22)23/h3-6,8,10-11,15-16,20H,2,7,9H2,1H3,(H,19,21)(H,22,23)/t10-,11-,15+,16-/m0/s1. The number of fused-ring (bicyclic) bond motifs is 2. The van der Waals surface area contributed by atoms with Gasteiger partial charge in [0.1, 0.15) is 5.75 Å². The fourth-order valence-electron chi connectivity index (χ4n) is 3.82. The Morgan fingerprint density at radius 3 is 2.58 bits per heavy atom. The molecule has 128 valence electrons. The van der Waals surface area contributed by atoms with E-state index in [9.17, 15) is 19.8 Å². The van der Waals surface area contributed by atoms with Crippen LogP contribution in [0, 0.1) is 23.7 Å². The quantitative estimate of drug-likeness (QED) is 0.693. The predicted molar refractivity (Wildman–Crippen MR) is 87.5 cm³/mol. The number of anilines is 1. The van der Waals surface area contributed by atoms with Crippen molar-refractivity contribution in [3.05, 3.63) is 35.9 Å². The molecule has 0 saturated heterocycles. The van der Waals surface area contributed by atoms with Gasteiger partial charge in [-0.15, -0.1) is 0 Å². The van der Waals surface area contributed by atoms with Crippen molar-refractivity contribution < 1.29 is 24.5 Å². The van der Waals surface area contributed by atoms with Crippen LogP contribution in [0.15, 0.2) is 30.4 Å². The van der Waals surface area contributed by atoms with E-state index in [0.29, 0.717) is 23.6 Å². The zero-order chi connectivity index (χ0) is 17.3. The van der Waals surface area contributed by atoms with Gasteiger partial charge in [0.15, 0.2) is 0 Å². The number of carbonyl (C=O) groups is 2. The van der Waals surface area contributed by atoms with Gasteiger partial charge in [-0.3, -0.25) is 9.59 Å². The Balaban J connectivity index is 1.77. The SMILES string of the molecule is CCOc1ccc(NC(=O)[C@H]2[C@@H](C(=O)O)[C@H]3C=C[C@H]2C3)cc1CO. The molecule has 1 amide bonds. The van der Waals surface area contributed by atoms with E-state index in [1.165, 1.54) is 0 Å². The van der Waals surface area contributed by atoms with Crippen molar-refractivity contribution in [3.8, 4) is 5.75 Å². The molecule has 3 rings (SSSR count). The van der Waals surface area contributed by atoms with Crippen molar-refractivity contribution in [2.75, 3.05) is 11.9 Å². The van der Waals surface area contributed by atoms with E-state index in [1.807, 2.05) is 19.1 Å². The number of benzene rings is 1. The normalized spacial score (nSPS) is 27.2. The Kier molecular flexibility index (Phi) is 4.57. The van der Waals surface area contributed by atoms with Gasteiger partial charge in [0.05, 0.1) is 25.0 Å². The molecule has 0 aromatic heterocycles. The average Bonchev–Trinajstić information content (AvgIpc) is 3.17. The number of aliphatic hydroxyl groups is 1. The van der Waals surface area contributed by atoms with Gasteiger partial charge in [-0.1, -0.05) is 12.2 Å². The van der Waals surface area contributed by atoms with Crippen molar-refractivity contribution in [2.45, 2.75) is 20.0 Å². The van der Waals surface area contributed by atoms with Crippen LogP contribution in [-0.4, -0.2) is 28.7 Å². The summed E-state index contributed by atoms with van der Waals surface area (Å²) in [5.74, 6) is -1.93. The Morgan fingerprint density at radius 1 is 1.25 bits per heavy atom. The number of allylic oxidation sites excluding steroid dienone is 2. The lowest BCUT2D eigenvalue weighted by Gasteiger charge is -2.24. The monoisotopic (exact) mass is 331 g/mol. The first-order chi connectivity index (χ1) is 11.5. The van der Waals surface area contributed by atoms with Gasteiger partial charge < -0.3 is 20.3 Å². The number of ether oxygens (including phenoxy) is 1. The van der Waals surface area contributed by atoms with Crippen LogP contribution in [0.5, 0.6) is 5.75 Å². The molecule has 6 nitrogen and oxygen atoms in total. The highest BCUT2D eigenvalue weighted by Crippen LogP contribution is 2.48. The molecule has 0 spiro atoms. The molecule has 0 aliphatic heterocycles. The summed E-state index contributed by atoms with van der Waals surface area (Å²) in [5.41, 5.74) is 1.11. The number of amides is 1. The topological polar surface area (TPSA) is 95.9 Å². The molecular weight excluding hydrogens is 310 g/mol. The number of hydrogen-bond acceptors (Lipinski definition) is 4. The largest absolute Gasteiger partial charge is 0.494 e. The second-order valence-electron chi connectivity index (χ2n) is 6.24. The van der Waals surface area contributed by atoms with Crippen molar-refractivity contribution in [2.24, 2.45) is 23.7 Å². The minimum Gasteiger partial charge on any atom is -0.494 e. The van der Waals surface area contributed by atoms with Crippen LogP contribution in [0.4, 0.5) is 5.69 Å². The summed E-state index contributed by atoms with van der Waals surface area (Å²) in [6.45, 7) is 2.13. The van der Waals surface area contributed by atoms with Gasteiger partial charge in [0.2, 0.25) is 5.91 Å². The number of rotatable bonds is 6. The van der Waals surface area contributed by atoms with E-state index in [1.54, 1.807) is 18.2 Å². The third kappa shape index (κ3) is 2.89. The molecule has 4 atom stereocenters. The molecule has 6 heteroatoms. The van der Waals surface area contributed by atoms with E-state index in [4.69, 9.17) is 4.74 Å². The van der Waals surface area contributed by atoms with Gasteiger partial charge in [-0.05, 0) is 43.4 Å². The maximum atomic E-state index is 12.6. The van der Waals surface area contributed by atoms with Crippen LogP contribution in [-0.2, 0) is 16.2 Å². The van der Waals surface area contributed by atoms with E-state index >= 15 is 0 Å². The highest BCUT2D eigenvalue weighted by Gasteiger charge is 2.51. The first-order valence-corrected chi connectivity index (χ1v) is 8.13. The Hall–Kier alpha value is -2.34. The maximum Gasteiger partial charge on any atom is 0.307 e. The van der Waals surface area contributed by atoms with Gasteiger partial charge in [-0.25, -0.2) is 0 Å². The number of aliphatic carboxylic acids is 1. The number of carboxylic acid groups (broad SMARTS) is 1. The summed E-state index contributed by atoms with van der Waals surface area (Å²) in [7, 11) is 0. The smallest absolute Gasteiger partial charge is 0.307 e. The summed E-state index contributed by atoms with van der Waals surface area (Å²) in [5, 5.41) is 21.7. The average molecular weight is 331 g/mol.